The molecule has 2 saturated carbocycles. The number of hydrogen-bond acceptors (Lipinski definition) is 3. The molecule has 1 heterocycles. The second kappa shape index (κ2) is 5.77. The summed E-state index contributed by atoms with van der Waals surface area (Å²) < 4.78 is 4.95. The van der Waals surface area contributed by atoms with E-state index >= 15 is 0 Å². The van der Waals surface area contributed by atoms with E-state index in [0.29, 0.717) is 23.7 Å². The van der Waals surface area contributed by atoms with E-state index < -0.39 is 6.10 Å². The van der Waals surface area contributed by atoms with Crippen molar-refractivity contribution >= 4 is 5.97 Å². The lowest BCUT2D eigenvalue weighted by Gasteiger charge is -2.58. The predicted octanol–water partition coefficient (Wildman–Crippen LogP) is 4.02. The second-order valence-corrected chi connectivity index (χ2v) is 8.73. The Kier molecular flexibility index (Phi) is 4.20. The van der Waals surface area contributed by atoms with E-state index in [0.717, 1.165) is 12.0 Å². The van der Waals surface area contributed by atoms with Crippen molar-refractivity contribution in [2.24, 2.45) is 22.7 Å². The molecule has 0 bridgehead atoms. The van der Waals surface area contributed by atoms with E-state index in [1.807, 2.05) is 0 Å². The molecule has 2 fully saturated rings. The summed E-state index contributed by atoms with van der Waals surface area (Å²) in [4.78, 5) is 11.3. The van der Waals surface area contributed by atoms with Gasteiger partial charge < -0.3 is 9.84 Å². The zero-order valence-corrected chi connectivity index (χ0v) is 14.7. The molecule has 0 unspecified atom stereocenters. The van der Waals surface area contributed by atoms with Crippen molar-refractivity contribution in [3.05, 3.63) is 23.8 Å². The number of rotatable bonds is 3. The van der Waals surface area contributed by atoms with Gasteiger partial charge in [0.25, 0.3) is 0 Å². The van der Waals surface area contributed by atoms with Gasteiger partial charge in [0.1, 0.15) is 6.61 Å². The molecule has 2 aliphatic carbocycles. The predicted molar refractivity (Wildman–Crippen MR) is 90.8 cm³/mol. The van der Waals surface area contributed by atoms with Crippen LogP contribution in [0.1, 0.15) is 59.3 Å². The fraction of sp³-hybridized carbons (Fsp3) is 0.750. The van der Waals surface area contributed by atoms with Crippen LogP contribution < -0.4 is 0 Å². The van der Waals surface area contributed by atoms with Crippen molar-refractivity contribution in [1.29, 1.82) is 0 Å². The summed E-state index contributed by atoms with van der Waals surface area (Å²) >= 11 is 0. The Balaban J connectivity index is 1.83. The maximum atomic E-state index is 11.3. The number of aliphatic hydroxyl groups excluding tert-OH is 1. The van der Waals surface area contributed by atoms with Gasteiger partial charge in [0.2, 0.25) is 0 Å². The van der Waals surface area contributed by atoms with E-state index in [1.165, 1.54) is 37.3 Å². The molecule has 1 N–H and O–H groups in total. The average molecular weight is 318 g/mol. The molecule has 3 heteroatoms. The molecular weight excluding hydrogens is 288 g/mol. The van der Waals surface area contributed by atoms with Gasteiger partial charge in [-0.15, -0.1) is 0 Å². The minimum Gasteiger partial charge on any atom is -0.458 e. The minimum absolute atomic E-state index is 0.210. The van der Waals surface area contributed by atoms with Crippen LogP contribution in [0.2, 0.25) is 0 Å². The Morgan fingerprint density at radius 2 is 2.13 bits per heavy atom. The van der Waals surface area contributed by atoms with Crippen LogP contribution in [0.25, 0.3) is 0 Å². The molecule has 0 amide bonds. The third-order valence-electron chi connectivity index (χ3n) is 6.89. The van der Waals surface area contributed by atoms with Gasteiger partial charge in [-0.3, -0.25) is 0 Å². The summed E-state index contributed by atoms with van der Waals surface area (Å²) in [5.41, 5.74) is 2.58. The van der Waals surface area contributed by atoms with Crippen LogP contribution in [0.3, 0.4) is 0 Å². The number of hydrogen-bond donors (Lipinski definition) is 1. The topological polar surface area (TPSA) is 46.5 Å². The molecule has 0 saturated heterocycles. The molecule has 3 nitrogen and oxygen atoms in total. The quantitative estimate of drug-likeness (QED) is 0.631. The maximum Gasteiger partial charge on any atom is 0.331 e. The first kappa shape index (κ1) is 16.8. The molecule has 0 aromatic heterocycles. The number of esters is 1. The van der Waals surface area contributed by atoms with Crippen LogP contribution in [0, 0.1) is 22.7 Å². The summed E-state index contributed by atoms with van der Waals surface area (Å²) in [5, 5.41) is 10.6. The Hall–Kier alpha value is -1.09. The molecule has 4 atom stereocenters. The molecular formula is C20H30O3. The van der Waals surface area contributed by atoms with E-state index in [-0.39, 0.29) is 18.0 Å². The van der Waals surface area contributed by atoms with Crippen LogP contribution in [0.4, 0.5) is 0 Å². The zero-order chi connectivity index (χ0) is 16.8. The fourth-order valence-electron chi connectivity index (χ4n) is 5.67. The van der Waals surface area contributed by atoms with Crippen LogP contribution in [0.15, 0.2) is 23.8 Å². The first-order chi connectivity index (χ1) is 10.7. The van der Waals surface area contributed by atoms with Gasteiger partial charge in [-0.05, 0) is 54.8 Å². The van der Waals surface area contributed by atoms with Crippen molar-refractivity contribution in [1.82, 2.24) is 0 Å². The second-order valence-electron chi connectivity index (χ2n) is 8.73. The van der Waals surface area contributed by atoms with Gasteiger partial charge in [-0.25, -0.2) is 4.79 Å². The largest absolute Gasteiger partial charge is 0.458 e. The van der Waals surface area contributed by atoms with Gasteiger partial charge in [0, 0.05) is 11.6 Å². The van der Waals surface area contributed by atoms with Crippen molar-refractivity contribution in [3.8, 4) is 0 Å². The molecule has 23 heavy (non-hydrogen) atoms. The number of carbonyl (C=O) groups is 1. The number of allylic oxidation sites excluding steroid dienone is 1. The number of aliphatic hydroxyl groups is 1. The molecule has 128 valence electrons. The smallest absolute Gasteiger partial charge is 0.331 e. The van der Waals surface area contributed by atoms with Gasteiger partial charge in [-0.2, -0.15) is 0 Å². The highest BCUT2D eigenvalue weighted by molar-refractivity contribution is 5.85. The Labute approximate surface area is 139 Å². The summed E-state index contributed by atoms with van der Waals surface area (Å²) in [5.74, 6) is 0.679. The van der Waals surface area contributed by atoms with Crippen LogP contribution >= 0.6 is 0 Å². The van der Waals surface area contributed by atoms with Crippen molar-refractivity contribution in [2.45, 2.75) is 65.4 Å². The zero-order valence-electron chi connectivity index (χ0n) is 14.7. The number of cyclic esters (lactones) is 1. The Morgan fingerprint density at radius 1 is 1.39 bits per heavy atom. The lowest BCUT2D eigenvalue weighted by Crippen LogP contribution is -2.50. The van der Waals surface area contributed by atoms with Crippen LogP contribution in [-0.4, -0.2) is 23.8 Å². The first-order valence-electron chi connectivity index (χ1n) is 8.97. The summed E-state index contributed by atoms with van der Waals surface area (Å²) in [6.45, 7) is 11.8. The highest BCUT2D eigenvalue weighted by atomic mass is 16.5. The Morgan fingerprint density at radius 3 is 2.78 bits per heavy atom. The number of ether oxygens (including phenoxy) is 1. The minimum atomic E-state index is -0.594. The molecule has 0 aromatic carbocycles. The van der Waals surface area contributed by atoms with Crippen molar-refractivity contribution < 1.29 is 14.6 Å². The van der Waals surface area contributed by atoms with Crippen molar-refractivity contribution in [3.63, 3.8) is 0 Å². The third kappa shape index (κ3) is 2.88. The van der Waals surface area contributed by atoms with Crippen LogP contribution in [0.5, 0.6) is 0 Å². The number of fused-ring (bicyclic) bond motifs is 1. The molecule has 0 spiro atoms. The maximum absolute atomic E-state index is 11.3. The normalized spacial score (nSPS) is 37.8. The lowest BCUT2D eigenvalue weighted by atomic mass is 9.47. The van der Waals surface area contributed by atoms with Crippen molar-refractivity contribution in [2.75, 3.05) is 6.61 Å². The van der Waals surface area contributed by atoms with Gasteiger partial charge in [0.05, 0.1) is 6.10 Å². The third-order valence-corrected chi connectivity index (χ3v) is 6.89. The molecule has 1 aliphatic heterocycles. The standard InChI is InChI=1S/C20H30O3/c1-13-6-7-17-19(2,3)8-5-9-20(17,4)15(13)11-16(21)14-10-18(22)23-12-14/h10,15-17,21H,1,5-9,11-12H2,2-4H3/t15-,16-,17-,20+/m0/s1. The molecule has 3 aliphatic rings. The highest BCUT2D eigenvalue weighted by Crippen LogP contribution is 2.61. The van der Waals surface area contributed by atoms with E-state index in [9.17, 15) is 9.90 Å². The lowest BCUT2D eigenvalue weighted by molar-refractivity contribution is -0.135. The highest BCUT2D eigenvalue weighted by Gasteiger charge is 2.53. The Bertz CT molecular complexity index is 545. The average Bonchev–Trinajstić information content (AvgIpc) is 2.88. The summed E-state index contributed by atoms with van der Waals surface area (Å²) in [6.07, 6.45) is 7.59. The van der Waals surface area contributed by atoms with Gasteiger partial charge in [0.15, 0.2) is 0 Å². The van der Waals surface area contributed by atoms with Gasteiger partial charge in [-0.1, -0.05) is 39.3 Å². The summed E-state index contributed by atoms with van der Waals surface area (Å²) in [7, 11) is 0. The summed E-state index contributed by atoms with van der Waals surface area (Å²) in [6, 6.07) is 0. The number of carbonyl (C=O) groups excluding carboxylic acids is 1. The van der Waals surface area contributed by atoms with E-state index in [2.05, 4.69) is 27.4 Å². The molecule has 0 aromatic rings. The van der Waals surface area contributed by atoms with E-state index in [4.69, 9.17) is 4.74 Å². The monoisotopic (exact) mass is 318 g/mol. The molecule has 3 rings (SSSR count). The van der Waals surface area contributed by atoms with Crippen LogP contribution in [-0.2, 0) is 9.53 Å². The van der Waals surface area contributed by atoms with E-state index in [1.54, 1.807) is 0 Å². The van der Waals surface area contributed by atoms with Gasteiger partial charge >= 0.3 is 5.97 Å². The molecule has 0 radical (unpaired) electrons. The SMILES string of the molecule is C=C1CC[C@H]2C(C)(C)CCC[C@]2(C)[C@H]1C[C@H](O)C1=CC(=O)OC1. The first-order valence-corrected chi connectivity index (χ1v) is 8.97. The fourth-order valence-corrected chi connectivity index (χ4v) is 5.67.